The zero-order valence-corrected chi connectivity index (χ0v) is 12.5. The summed E-state index contributed by atoms with van der Waals surface area (Å²) >= 11 is 6.11. The summed E-state index contributed by atoms with van der Waals surface area (Å²) in [5.74, 6) is 1.71. The number of fused-ring (bicyclic) bond motifs is 1. The van der Waals surface area contributed by atoms with E-state index >= 15 is 0 Å². The molecule has 1 aliphatic heterocycles. The summed E-state index contributed by atoms with van der Waals surface area (Å²) in [4.78, 5) is 12.5. The molecule has 0 radical (unpaired) electrons. The van der Waals surface area contributed by atoms with Gasteiger partial charge in [0.25, 0.3) is 0 Å². The van der Waals surface area contributed by atoms with Gasteiger partial charge in [0.1, 0.15) is 5.75 Å². The Morgan fingerprint density at radius 1 is 1.25 bits per heavy atom. The minimum absolute atomic E-state index is 0.191. The third-order valence-corrected chi connectivity index (χ3v) is 4.77. The lowest BCUT2D eigenvalue weighted by Gasteiger charge is -2.21. The molecule has 1 heterocycles. The van der Waals surface area contributed by atoms with Crippen molar-refractivity contribution in [2.45, 2.75) is 51.4 Å². The highest BCUT2D eigenvalue weighted by molar-refractivity contribution is 6.31. The largest absolute Gasteiger partial charge is 0.492 e. The standard InChI is InChI=1S/C17H21ClO2/c18-14-10-13-8-9-20-17(13)15(11-14)16(19)7-6-12-4-2-1-3-5-12/h10-12H,1-9H2. The highest BCUT2D eigenvalue weighted by Crippen LogP contribution is 2.34. The van der Waals surface area contributed by atoms with Crippen LogP contribution in [0.2, 0.25) is 5.02 Å². The van der Waals surface area contributed by atoms with Gasteiger partial charge in [-0.1, -0.05) is 43.7 Å². The number of hydrogen-bond acceptors (Lipinski definition) is 2. The number of halogens is 1. The Hall–Kier alpha value is -1.02. The van der Waals surface area contributed by atoms with E-state index in [9.17, 15) is 4.79 Å². The van der Waals surface area contributed by atoms with Crippen molar-refractivity contribution in [3.8, 4) is 5.75 Å². The summed E-state index contributed by atoms with van der Waals surface area (Å²) < 4.78 is 5.62. The molecule has 1 aromatic rings. The summed E-state index contributed by atoms with van der Waals surface area (Å²) in [5, 5.41) is 0.648. The van der Waals surface area contributed by atoms with Crippen LogP contribution in [0.15, 0.2) is 12.1 Å². The van der Waals surface area contributed by atoms with Crippen molar-refractivity contribution in [2.24, 2.45) is 5.92 Å². The first-order valence-corrected chi connectivity index (χ1v) is 8.10. The Bertz CT molecular complexity index is 504. The van der Waals surface area contributed by atoms with Crippen LogP contribution in [0.5, 0.6) is 5.75 Å². The highest BCUT2D eigenvalue weighted by Gasteiger charge is 2.23. The van der Waals surface area contributed by atoms with E-state index in [4.69, 9.17) is 16.3 Å². The number of benzene rings is 1. The van der Waals surface area contributed by atoms with Crippen LogP contribution < -0.4 is 4.74 Å². The van der Waals surface area contributed by atoms with Crippen molar-refractivity contribution in [1.82, 2.24) is 0 Å². The molecule has 1 aromatic carbocycles. The lowest BCUT2D eigenvalue weighted by Crippen LogP contribution is -2.10. The van der Waals surface area contributed by atoms with E-state index in [0.29, 0.717) is 23.6 Å². The average molecular weight is 293 g/mol. The molecule has 0 spiro atoms. The molecule has 0 amide bonds. The van der Waals surface area contributed by atoms with Crippen molar-refractivity contribution in [3.05, 3.63) is 28.3 Å². The summed E-state index contributed by atoms with van der Waals surface area (Å²) in [5.41, 5.74) is 1.78. The predicted octanol–water partition coefficient (Wildman–Crippen LogP) is 4.82. The molecule has 0 unspecified atom stereocenters. The molecule has 0 atom stereocenters. The first kappa shape index (κ1) is 13.9. The maximum atomic E-state index is 12.5. The molecular formula is C17H21ClO2. The number of rotatable bonds is 4. The Morgan fingerprint density at radius 2 is 2.05 bits per heavy atom. The number of carbonyl (C=O) groups is 1. The molecule has 3 heteroatoms. The lowest BCUT2D eigenvalue weighted by molar-refractivity contribution is 0.0967. The Labute approximate surface area is 125 Å². The Balaban J connectivity index is 1.68. The van der Waals surface area contributed by atoms with Crippen molar-refractivity contribution >= 4 is 17.4 Å². The first-order chi connectivity index (χ1) is 9.74. The summed E-state index contributed by atoms with van der Waals surface area (Å²) in [6, 6.07) is 3.69. The van der Waals surface area contributed by atoms with E-state index in [1.807, 2.05) is 6.07 Å². The monoisotopic (exact) mass is 292 g/mol. The van der Waals surface area contributed by atoms with Gasteiger partial charge in [0.05, 0.1) is 12.2 Å². The fourth-order valence-electron chi connectivity index (χ4n) is 3.42. The van der Waals surface area contributed by atoms with Gasteiger partial charge in [0.15, 0.2) is 5.78 Å². The highest BCUT2D eigenvalue weighted by atomic mass is 35.5. The summed E-state index contributed by atoms with van der Waals surface area (Å²) in [6.07, 6.45) is 9.09. The SMILES string of the molecule is O=C(CCC1CCCCC1)c1cc(Cl)cc2c1OCC2. The van der Waals surface area contributed by atoms with Crippen LogP contribution in [0.4, 0.5) is 0 Å². The number of hydrogen-bond donors (Lipinski definition) is 0. The molecule has 20 heavy (non-hydrogen) atoms. The fourth-order valence-corrected chi connectivity index (χ4v) is 3.66. The van der Waals surface area contributed by atoms with Gasteiger partial charge in [-0.05, 0) is 30.0 Å². The zero-order valence-electron chi connectivity index (χ0n) is 11.8. The summed E-state index contributed by atoms with van der Waals surface area (Å²) in [7, 11) is 0. The van der Waals surface area contributed by atoms with E-state index in [-0.39, 0.29) is 5.78 Å². The topological polar surface area (TPSA) is 26.3 Å². The van der Waals surface area contributed by atoms with E-state index in [2.05, 4.69) is 0 Å². The summed E-state index contributed by atoms with van der Waals surface area (Å²) in [6.45, 7) is 0.665. The number of Topliss-reactive ketones (excluding diaryl/α,β-unsaturated/α-hetero) is 1. The smallest absolute Gasteiger partial charge is 0.166 e. The van der Waals surface area contributed by atoms with Crippen LogP contribution in [0.1, 0.15) is 60.9 Å². The molecule has 0 aromatic heterocycles. The second-order valence-corrected chi connectivity index (χ2v) is 6.44. The molecule has 0 N–H and O–H groups in total. The number of ether oxygens (including phenoxy) is 1. The van der Waals surface area contributed by atoms with Crippen molar-refractivity contribution in [2.75, 3.05) is 6.61 Å². The van der Waals surface area contributed by atoms with Gasteiger partial charge in [-0.3, -0.25) is 4.79 Å². The average Bonchev–Trinajstić information content (AvgIpc) is 2.93. The number of ketones is 1. The molecule has 0 bridgehead atoms. The minimum Gasteiger partial charge on any atom is -0.492 e. The van der Waals surface area contributed by atoms with Gasteiger partial charge in [0, 0.05) is 17.9 Å². The van der Waals surface area contributed by atoms with Crippen LogP contribution in [0.3, 0.4) is 0 Å². The predicted molar refractivity (Wildman–Crippen MR) is 80.8 cm³/mol. The molecule has 108 valence electrons. The maximum Gasteiger partial charge on any atom is 0.166 e. The molecule has 2 aliphatic rings. The normalized spacial score (nSPS) is 18.6. The van der Waals surface area contributed by atoms with Crippen LogP contribution >= 0.6 is 11.6 Å². The third-order valence-electron chi connectivity index (χ3n) is 4.55. The first-order valence-electron chi connectivity index (χ1n) is 7.72. The van der Waals surface area contributed by atoms with Crippen LogP contribution in [-0.2, 0) is 6.42 Å². The van der Waals surface area contributed by atoms with Gasteiger partial charge in [-0.2, -0.15) is 0 Å². The fraction of sp³-hybridized carbons (Fsp3) is 0.588. The quantitative estimate of drug-likeness (QED) is 0.744. The molecule has 0 saturated heterocycles. The van der Waals surface area contributed by atoms with Gasteiger partial charge in [-0.25, -0.2) is 0 Å². The second-order valence-electron chi connectivity index (χ2n) is 6.01. The van der Waals surface area contributed by atoms with Crippen molar-refractivity contribution in [3.63, 3.8) is 0 Å². The Kier molecular flexibility index (Phi) is 4.30. The minimum atomic E-state index is 0.191. The van der Waals surface area contributed by atoms with E-state index in [0.717, 1.165) is 30.1 Å². The van der Waals surface area contributed by atoms with E-state index < -0.39 is 0 Å². The van der Waals surface area contributed by atoms with E-state index in [1.165, 1.54) is 32.1 Å². The van der Waals surface area contributed by atoms with Gasteiger partial charge in [-0.15, -0.1) is 0 Å². The number of carbonyl (C=O) groups excluding carboxylic acids is 1. The molecule has 2 nitrogen and oxygen atoms in total. The van der Waals surface area contributed by atoms with Crippen molar-refractivity contribution in [1.29, 1.82) is 0 Å². The van der Waals surface area contributed by atoms with Crippen LogP contribution in [-0.4, -0.2) is 12.4 Å². The second kappa shape index (κ2) is 6.17. The molecule has 1 aliphatic carbocycles. The van der Waals surface area contributed by atoms with E-state index in [1.54, 1.807) is 6.07 Å². The maximum absolute atomic E-state index is 12.5. The molecule has 1 saturated carbocycles. The Morgan fingerprint density at radius 3 is 2.85 bits per heavy atom. The van der Waals surface area contributed by atoms with Crippen LogP contribution in [0, 0.1) is 5.92 Å². The zero-order chi connectivity index (χ0) is 13.9. The molecular weight excluding hydrogens is 272 g/mol. The van der Waals surface area contributed by atoms with Gasteiger partial charge >= 0.3 is 0 Å². The lowest BCUT2D eigenvalue weighted by atomic mass is 9.85. The molecule has 3 rings (SSSR count). The third kappa shape index (κ3) is 3.01. The van der Waals surface area contributed by atoms with Crippen molar-refractivity contribution < 1.29 is 9.53 Å². The molecule has 1 fully saturated rings. The van der Waals surface area contributed by atoms with Gasteiger partial charge in [0.2, 0.25) is 0 Å². The van der Waals surface area contributed by atoms with Gasteiger partial charge < -0.3 is 4.74 Å². The van der Waals surface area contributed by atoms with Crippen LogP contribution in [0.25, 0.3) is 0 Å².